The lowest BCUT2D eigenvalue weighted by Crippen LogP contribution is -1.87. The molecule has 0 amide bonds. The van der Waals surface area contributed by atoms with Crippen LogP contribution in [0, 0.1) is 0 Å². The number of halogens is 3. The highest BCUT2D eigenvalue weighted by Gasteiger charge is 1.97. The Hall–Kier alpha value is -0.120. The molecule has 1 aromatic rings. The Labute approximate surface area is 73.4 Å². The molecule has 0 saturated carbocycles. The van der Waals surface area contributed by atoms with Crippen LogP contribution in [0.1, 0.15) is 7.43 Å². The van der Waals surface area contributed by atoms with Crippen LogP contribution in [0.25, 0.3) is 0 Å². The first kappa shape index (κ1) is 9.88. The third-order valence-electron chi connectivity index (χ3n) is 0.554. The number of hydrogen-bond donors (Lipinski definition) is 0. The lowest BCUT2D eigenvalue weighted by atomic mass is 11.1. The summed E-state index contributed by atoms with van der Waals surface area (Å²) >= 11 is 16.0. The predicted molar refractivity (Wildman–Crippen MR) is 41.6 cm³/mol. The molecule has 0 aliphatic heterocycles. The topological polar surface area (TPSA) is 38.7 Å². The summed E-state index contributed by atoms with van der Waals surface area (Å²) in [4.78, 5) is 10.4. The molecular formula is C4H4Cl3N3. The van der Waals surface area contributed by atoms with Crippen LogP contribution >= 0.6 is 34.8 Å². The van der Waals surface area contributed by atoms with Crippen LogP contribution in [0.3, 0.4) is 0 Å². The molecule has 3 nitrogen and oxygen atoms in total. The summed E-state index contributed by atoms with van der Waals surface area (Å²) in [7, 11) is 0. The van der Waals surface area contributed by atoms with Crippen molar-refractivity contribution >= 4 is 34.8 Å². The largest absolute Gasteiger partial charge is 0.227 e. The standard InChI is InChI=1S/C3Cl3N3.CH4/c4-1-7-2(5)9-3(6)8-1;/h;1H4. The van der Waals surface area contributed by atoms with Crippen molar-refractivity contribution in [1.29, 1.82) is 0 Å². The van der Waals surface area contributed by atoms with E-state index in [-0.39, 0.29) is 23.3 Å². The van der Waals surface area contributed by atoms with Crippen molar-refractivity contribution in [3.05, 3.63) is 15.9 Å². The van der Waals surface area contributed by atoms with Gasteiger partial charge in [-0.2, -0.15) is 15.0 Å². The first-order valence-corrected chi connectivity index (χ1v) is 3.04. The van der Waals surface area contributed by atoms with E-state index in [2.05, 4.69) is 15.0 Å². The van der Waals surface area contributed by atoms with Crippen molar-refractivity contribution in [2.45, 2.75) is 7.43 Å². The summed E-state index contributed by atoms with van der Waals surface area (Å²) in [5, 5.41) is 0.00000000000000178. The number of nitrogens with zero attached hydrogens (tertiary/aromatic N) is 3. The van der Waals surface area contributed by atoms with Gasteiger partial charge in [0.25, 0.3) is 0 Å². The summed E-state index contributed by atoms with van der Waals surface area (Å²) in [6, 6.07) is 0. The van der Waals surface area contributed by atoms with Crippen molar-refractivity contribution in [1.82, 2.24) is 15.0 Å². The molecule has 0 unspecified atom stereocenters. The zero-order chi connectivity index (χ0) is 6.85. The summed E-state index contributed by atoms with van der Waals surface area (Å²) < 4.78 is 0. The molecule has 0 N–H and O–H groups in total. The molecule has 56 valence electrons. The van der Waals surface area contributed by atoms with Gasteiger partial charge < -0.3 is 0 Å². The van der Waals surface area contributed by atoms with E-state index >= 15 is 0 Å². The second kappa shape index (κ2) is 3.91. The van der Waals surface area contributed by atoms with E-state index in [1.165, 1.54) is 0 Å². The van der Waals surface area contributed by atoms with Crippen LogP contribution in [-0.2, 0) is 0 Å². The Balaban J connectivity index is 0.000000810. The lowest BCUT2D eigenvalue weighted by Gasteiger charge is -1.88. The van der Waals surface area contributed by atoms with E-state index in [1.54, 1.807) is 0 Å². The summed E-state index contributed by atoms with van der Waals surface area (Å²) in [6.07, 6.45) is 0. The molecule has 0 fully saturated rings. The van der Waals surface area contributed by atoms with Gasteiger partial charge in [0, 0.05) is 0 Å². The SMILES string of the molecule is C.Clc1nc(Cl)nc(Cl)n1. The van der Waals surface area contributed by atoms with Gasteiger partial charge in [0.2, 0.25) is 15.9 Å². The molecule has 1 rings (SSSR count). The quantitative estimate of drug-likeness (QED) is 0.646. The van der Waals surface area contributed by atoms with Gasteiger partial charge in [-0.3, -0.25) is 0 Å². The fourth-order valence-corrected chi connectivity index (χ4v) is 0.913. The second-order valence-electron chi connectivity index (χ2n) is 1.14. The van der Waals surface area contributed by atoms with Crippen LogP contribution in [0.15, 0.2) is 0 Å². The predicted octanol–water partition coefficient (Wildman–Crippen LogP) is 2.47. The van der Waals surface area contributed by atoms with Gasteiger partial charge in [-0.05, 0) is 34.8 Å². The van der Waals surface area contributed by atoms with Gasteiger partial charge >= 0.3 is 0 Å². The molecule has 0 aliphatic rings. The Morgan fingerprint density at radius 2 is 0.900 bits per heavy atom. The Kier molecular flexibility index (Phi) is 3.86. The molecule has 0 saturated heterocycles. The summed E-state index contributed by atoms with van der Waals surface area (Å²) in [5.41, 5.74) is 0. The molecule has 0 aliphatic carbocycles. The molecular weight excluding hydrogens is 196 g/mol. The minimum Gasteiger partial charge on any atom is -0.187 e. The molecule has 6 heteroatoms. The van der Waals surface area contributed by atoms with Crippen LogP contribution in [0.2, 0.25) is 15.9 Å². The molecule has 0 radical (unpaired) electrons. The zero-order valence-electron chi connectivity index (χ0n) is 3.98. The first-order chi connectivity index (χ1) is 4.18. The van der Waals surface area contributed by atoms with E-state index in [9.17, 15) is 0 Å². The molecule has 1 aromatic heterocycles. The lowest BCUT2D eigenvalue weighted by molar-refractivity contribution is 1.05. The molecule has 10 heavy (non-hydrogen) atoms. The Bertz CT molecular complexity index is 177. The highest BCUT2D eigenvalue weighted by Crippen LogP contribution is 2.08. The van der Waals surface area contributed by atoms with Crippen LogP contribution in [-0.4, -0.2) is 15.0 Å². The fraction of sp³-hybridized carbons (Fsp3) is 0.250. The smallest absolute Gasteiger partial charge is 0.187 e. The third-order valence-corrected chi connectivity index (χ3v) is 1.06. The van der Waals surface area contributed by atoms with E-state index in [0.29, 0.717) is 0 Å². The number of hydrogen-bond acceptors (Lipinski definition) is 3. The van der Waals surface area contributed by atoms with Gasteiger partial charge in [0.05, 0.1) is 0 Å². The van der Waals surface area contributed by atoms with Crippen molar-refractivity contribution < 1.29 is 0 Å². The van der Waals surface area contributed by atoms with Crippen molar-refractivity contribution in [3.8, 4) is 0 Å². The van der Waals surface area contributed by atoms with Crippen molar-refractivity contribution in [2.75, 3.05) is 0 Å². The summed E-state index contributed by atoms with van der Waals surface area (Å²) in [5.74, 6) is 0. The second-order valence-corrected chi connectivity index (χ2v) is 2.16. The maximum Gasteiger partial charge on any atom is 0.227 e. The highest BCUT2D eigenvalue weighted by molar-refractivity contribution is 6.33. The molecule has 1 heterocycles. The van der Waals surface area contributed by atoms with Gasteiger partial charge in [-0.25, -0.2) is 0 Å². The first-order valence-electron chi connectivity index (χ1n) is 1.91. The van der Waals surface area contributed by atoms with Gasteiger partial charge in [0.15, 0.2) is 0 Å². The van der Waals surface area contributed by atoms with E-state index in [1.807, 2.05) is 0 Å². The van der Waals surface area contributed by atoms with Crippen molar-refractivity contribution in [2.24, 2.45) is 0 Å². The van der Waals surface area contributed by atoms with Gasteiger partial charge in [0.1, 0.15) is 0 Å². The zero-order valence-corrected chi connectivity index (χ0v) is 6.24. The fourth-order valence-electron chi connectivity index (χ4n) is 0.303. The Morgan fingerprint density at radius 1 is 0.700 bits per heavy atom. The Morgan fingerprint density at radius 3 is 1.10 bits per heavy atom. The maximum atomic E-state index is 5.32. The van der Waals surface area contributed by atoms with Crippen molar-refractivity contribution in [3.63, 3.8) is 0 Å². The molecule has 0 bridgehead atoms. The van der Waals surface area contributed by atoms with Gasteiger partial charge in [-0.15, -0.1) is 0 Å². The molecule has 0 aromatic carbocycles. The highest BCUT2D eigenvalue weighted by atomic mass is 35.5. The average molecular weight is 200 g/mol. The third kappa shape index (κ3) is 2.64. The molecule has 0 spiro atoms. The number of rotatable bonds is 0. The monoisotopic (exact) mass is 199 g/mol. The maximum absolute atomic E-state index is 5.32. The van der Waals surface area contributed by atoms with Crippen LogP contribution in [0.4, 0.5) is 0 Å². The van der Waals surface area contributed by atoms with E-state index in [4.69, 9.17) is 34.8 Å². The van der Waals surface area contributed by atoms with E-state index < -0.39 is 0 Å². The summed E-state index contributed by atoms with van der Waals surface area (Å²) in [6.45, 7) is 0. The average Bonchev–Trinajstić information content (AvgIpc) is 1.59. The molecule has 0 atom stereocenters. The minimum atomic E-state index is 0. The normalized spacial score (nSPS) is 8.70. The van der Waals surface area contributed by atoms with Crippen LogP contribution in [0.5, 0.6) is 0 Å². The van der Waals surface area contributed by atoms with E-state index in [0.717, 1.165) is 0 Å². The minimum absolute atomic E-state index is 0. The number of aromatic nitrogens is 3. The van der Waals surface area contributed by atoms with Gasteiger partial charge in [-0.1, -0.05) is 7.43 Å². The van der Waals surface area contributed by atoms with Crippen LogP contribution < -0.4 is 0 Å².